The number of piperidine rings is 2. The predicted octanol–water partition coefficient (Wildman–Crippen LogP) is 2.87. The molecule has 4 N–H and O–H groups in total. The highest BCUT2D eigenvalue weighted by molar-refractivity contribution is 5.87. The number of carbonyl (C=O) groups is 3. The number of nitrogens with zero attached hydrogens (tertiary/aromatic N) is 1. The molecule has 17 atom stereocenters. The molecule has 7 rings (SSSR count). The zero-order chi connectivity index (χ0) is 37.2. The number of allylic oxidation sites excluding steroid dienone is 1. The lowest BCUT2D eigenvalue weighted by Crippen LogP contribution is -2.77. The lowest BCUT2D eigenvalue weighted by atomic mass is 9.49. The van der Waals surface area contributed by atoms with E-state index in [1.165, 1.54) is 6.92 Å². The van der Waals surface area contributed by atoms with Gasteiger partial charge < -0.3 is 39.4 Å². The molecule has 1 spiro atoms. The summed E-state index contributed by atoms with van der Waals surface area (Å²) in [5, 5.41) is 51.3. The zero-order valence-corrected chi connectivity index (χ0v) is 31.5. The second kappa shape index (κ2) is 12.2. The Morgan fingerprint density at radius 2 is 1.75 bits per heavy atom. The summed E-state index contributed by atoms with van der Waals surface area (Å²) in [6, 6.07) is -0.224. The number of fused-ring (bicyclic) bond motifs is 5. The summed E-state index contributed by atoms with van der Waals surface area (Å²) in [5.41, 5.74) is -5.06. The highest BCUT2D eigenvalue weighted by Crippen LogP contribution is 2.77. The molecular formula is C39H59NO11. The van der Waals surface area contributed by atoms with Gasteiger partial charge in [0.15, 0.2) is 12.2 Å². The van der Waals surface area contributed by atoms with Crippen LogP contribution < -0.4 is 0 Å². The molecule has 0 aromatic rings. The van der Waals surface area contributed by atoms with Crippen molar-refractivity contribution < 1.29 is 53.8 Å². The first kappa shape index (κ1) is 37.2. The number of hydrogen-bond donors (Lipinski definition) is 4. The fraction of sp³-hybridized carbons (Fsp3) is 0.872. The number of rotatable bonds is 6. The average Bonchev–Trinajstić information content (AvgIpc) is 3.33. The normalized spacial score (nSPS) is 52.1. The third-order valence-electron chi connectivity index (χ3n) is 15.3. The van der Waals surface area contributed by atoms with Crippen LogP contribution in [0.2, 0.25) is 0 Å². The maximum Gasteiger partial charge on any atom is 0.333 e. The van der Waals surface area contributed by atoms with Crippen LogP contribution in [0.4, 0.5) is 0 Å². The zero-order valence-electron chi connectivity index (χ0n) is 31.5. The van der Waals surface area contributed by atoms with Crippen molar-refractivity contribution in [1.82, 2.24) is 4.90 Å². The minimum Gasteiger partial charge on any atom is -0.462 e. The van der Waals surface area contributed by atoms with Gasteiger partial charge in [0.25, 0.3) is 0 Å². The Labute approximate surface area is 301 Å². The van der Waals surface area contributed by atoms with Crippen molar-refractivity contribution in [2.45, 2.75) is 153 Å². The van der Waals surface area contributed by atoms with Crippen LogP contribution in [0.1, 0.15) is 100 Å². The van der Waals surface area contributed by atoms with E-state index >= 15 is 0 Å². The molecule has 5 unspecified atom stereocenters. The molecule has 51 heavy (non-hydrogen) atoms. The van der Waals surface area contributed by atoms with E-state index in [0.29, 0.717) is 37.3 Å². The average molecular weight is 718 g/mol. The van der Waals surface area contributed by atoms with Gasteiger partial charge in [-0.1, -0.05) is 33.8 Å². The molecule has 0 aromatic carbocycles. The van der Waals surface area contributed by atoms with Crippen LogP contribution in [0, 0.1) is 46.8 Å². The fourth-order valence-corrected chi connectivity index (χ4v) is 12.7. The number of esters is 3. The van der Waals surface area contributed by atoms with Gasteiger partial charge in [-0.05, 0) is 83.5 Å². The molecule has 0 aromatic heterocycles. The monoisotopic (exact) mass is 717 g/mol. The van der Waals surface area contributed by atoms with Crippen LogP contribution in [0.3, 0.4) is 0 Å². The highest BCUT2D eigenvalue weighted by atomic mass is 16.7. The Kier molecular flexibility index (Phi) is 8.92. The molecule has 7 fully saturated rings. The summed E-state index contributed by atoms with van der Waals surface area (Å²) in [6.07, 6.45) is -0.00676. The molecule has 3 heterocycles. The molecule has 4 aliphatic carbocycles. The molecule has 7 aliphatic rings. The summed E-state index contributed by atoms with van der Waals surface area (Å²) in [5.74, 6) is -7.33. The molecular weight excluding hydrogens is 658 g/mol. The number of aliphatic hydroxyl groups is 4. The number of hydrogen-bond acceptors (Lipinski definition) is 12. The fourth-order valence-electron chi connectivity index (χ4n) is 12.7. The van der Waals surface area contributed by atoms with Crippen LogP contribution in [-0.2, 0) is 33.3 Å². The van der Waals surface area contributed by atoms with Crippen LogP contribution in [0.5, 0.6) is 0 Å². The molecule has 4 saturated carbocycles. The first-order valence-electron chi connectivity index (χ1n) is 19.3. The van der Waals surface area contributed by atoms with Crippen LogP contribution in [0.25, 0.3) is 0 Å². The lowest BCUT2D eigenvalue weighted by Gasteiger charge is -2.64. The molecule has 286 valence electrons. The second-order valence-corrected chi connectivity index (χ2v) is 17.9. The van der Waals surface area contributed by atoms with E-state index in [4.69, 9.17) is 18.9 Å². The Balaban J connectivity index is 1.40. The smallest absolute Gasteiger partial charge is 0.333 e. The summed E-state index contributed by atoms with van der Waals surface area (Å²) >= 11 is 0. The van der Waals surface area contributed by atoms with E-state index in [0.717, 1.165) is 19.4 Å². The van der Waals surface area contributed by atoms with Gasteiger partial charge in [0.1, 0.15) is 11.7 Å². The molecule has 12 heteroatoms. The maximum atomic E-state index is 13.7. The van der Waals surface area contributed by atoms with Crippen molar-refractivity contribution in [3.05, 3.63) is 11.6 Å². The highest BCUT2D eigenvalue weighted by Gasteiger charge is 2.87. The van der Waals surface area contributed by atoms with E-state index < -0.39 is 106 Å². The van der Waals surface area contributed by atoms with Gasteiger partial charge in [-0.3, -0.25) is 14.5 Å². The van der Waals surface area contributed by atoms with Crippen molar-refractivity contribution in [2.75, 3.05) is 13.1 Å². The molecule has 3 aliphatic heterocycles. The largest absolute Gasteiger partial charge is 0.462 e. The van der Waals surface area contributed by atoms with E-state index in [2.05, 4.69) is 11.8 Å². The summed E-state index contributed by atoms with van der Waals surface area (Å²) in [7, 11) is 0. The number of ether oxygens (including phenoxy) is 4. The predicted molar refractivity (Wildman–Crippen MR) is 182 cm³/mol. The second-order valence-electron chi connectivity index (χ2n) is 17.9. The van der Waals surface area contributed by atoms with Crippen LogP contribution in [-0.4, -0.2) is 109 Å². The van der Waals surface area contributed by atoms with Crippen molar-refractivity contribution in [3.63, 3.8) is 0 Å². The third kappa shape index (κ3) is 4.94. The van der Waals surface area contributed by atoms with Gasteiger partial charge in [-0.25, -0.2) is 4.79 Å². The molecule has 12 nitrogen and oxygen atoms in total. The Bertz CT molecular complexity index is 1480. The van der Waals surface area contributed by atoms with Crippen LogP contribution in [0.15, 0.2) is 11.6 Å². The number of carbonyl (C=O) groups excluding carboxylic acids is 3. The maximum absolute atomic E-state index is 13.7. The number of aliphatic hydroxyl groups excluding tert-OH is 1. The van der Waals surface area contributed by atoms with Gasteiger partial charge >= 0.3 is 17.9 Å². The topological polar surface area (TPSA) is 172 Å². The van der Waals surface area contributed by atoms with Crippen molar-refractivity contribution in [1.29, 1.82) is 0 Å². The van der Waals surface area contributed by atoms with Gasteiger partial charge in [-0.15, -0.1) is 0 Å². The minimum atomic E-state index is -1.97. The minimum absolute atomic E-state index is 0.102. The Morgan fingerprint density at radius 1 is 1.04 bits per heavy atom. The van der Waals surface area contributed by atoms with Gasteiger partial charge in [-0.2, -0.15) is 0 Å². The van der Waals surface area contributed by atoms with Gasteiger partial charge in [0.2, 0.25) is 5.79 Å². The van der Waals surface area contributed by atoms with E-state index in [1.807, 2.05) is 13.8 Å². The summed E-state index contributed by atoms with van der Waals surface area (Å²) < 4.78 is 25.3. The Morgan fingerprint density at radius 3 is 2.39 bits per heavy atom. The van der Waals surface area contributed by atoms with E-state index in [-0.39, 0.29) is 18.9 Å². The quantitative estimate of drug-likeness (QED) is 0.180. The standard InChI is InChI=1S/C39H59NO11/c1-9-20(4)33(43)49-28-13-14-35(7)26-15-25(48-22(6)41)31-37(35,51-39(26,28)47)16-24-23-18-40-17-19(3)11-12-27(40)36(8,45)29(23)30(42)32(38(24,31)46)50-34(44)21(5)10-2/h9,19,21,23-32,42,45-47H,10-18H2,1-8H3/b20-9-/t19-,21?,23-,24?,25+,26?,27?,28-,29?,30+,31-,32-,35-,36+,37+,38-,39-/m0/s1. The summed E-state index contributed by atoms with van der Waals surface area (Å²) in [4.78, 5) is 41.9. The lowest BCUT2D eigenvalue weighted by molar-refractivity contribution is -0.300. The van der Waals surface area contributed by atoms with Crippen molar-refractivity contribution in [2.24, 2.45) is 46.8 Å². The SMILES string of the molecule is C/C=C(/C)C(=O)O[C@H]1CC[C@@]2(C)C3C[C@@H](OC(C)=O)[C@@H]4[C@@]5(O)C(C[C@@]42O[C@@]31O)[C@@H]1CN2C[C@@H](C)CCC2[C@@](C)(O)C1[C@@H](O)[C@@H]5OC(=O)C(C)CC. The molecule has 0 radical (unpaired) electrons. The molecule has 4 bridgehead atoms. The van der Waals surface area contributed by atoms with Crippen molar-refractivity contribution >= 4 is 17.9 Å². The summed E-state index contributed by atoms with van der Waals surface area (Å²) in [6.45, 7) is 15.5. The third-order valence-corrected chi connectivity index (χ3v) is 15.3. The van der Waals surface area contributed by atoms with Crippen LogP contribution >= 0.6 is 0 Å². The Hall–Kier alpha value is -2.09. The van der Waals surface area contributed by atoms with E-state index in [1.54, 1.807) is 33.8 Å². The van der Waals surface area contributed by atoms with Gasteiger partial charge in [0, 0.05) is 48.9 Å². The van der Waals surface area contributed by atoms with Gasteiger partial charge in [0.05, 0.1) is 29.1 Å². The first-order chi connectivity index (χ1) is 23.8. The molecule has 0 amide bonds. The molecule has 3 saturated heterocycles. The first-order valence-corrected chi connectivity index (χ1v) is 19.3. The van der Waals surface area contributed by atoms with E-state index in [9.17, 15) is 34.8 Å². The van der Waals surface area contributed by atoms with Crippen molar-refractivity contribution in [3.8, 4) is 0 Å².